The number of benzene rings is 2. The van der Waals surface area contributed by atoms with Crippen LogP contribution in [0.5, 0.6) is 5.75 Å². The van der Waals surface area contributed by atoms with Crippen LogP contribution >= 0.6 is 0 Å². The Hall–Kier alpha value is -2.36. The van der Waals surface area contributed by atoms with E-state index < -0.39 is 0 Å². The molecule has 4 heteroatoms. The molecule has 86 valence electrons. The summed E-state index contributed by atoms with van der Waals surface area (Å²) in [4.78, 5) is 0. The number of hydrogen-bond donors (Lipinski definition) is 3. The molecule has 0 aromatic heterocycles. The van der Waals surface area contributed by atoms with Crippen LogP contribution in [-0.4, -0.2) is 11.3 Å². The Kier molecular flexibility index (Phi) is 3.05. The number of aromatic hydroxyl groups is 1. The molecule has 0 atom stereocenters. The highest BCUT2D eigenvalue weighted by molar-refractivity contribution is 5.88. The van der Waals surface area contributed by atoms with E-state index in [1.807, 2.05) is 0 Å². The van der Waals surface area contributed by atoms with Gasteiger partial charge in [0.25, 0.3) is 0 Å². The van der Waals surface area contributed by atoms with E-state index in [4.69, 9.17) is 5.41 Å². The number of rotatable bonds is 3. The number of hydrogen-bond acceptors (Lipinski definition) is 3. The summed E-state index contributed by atoms with van der Waals surface area (Å²) < 4.78 is 12.7. The molecule has 2 aromatic carbocycles. The zero-order valence-corrected chi connectivity index (χ0v) is 8.94. The molecule has 0 fully saturated rings. The number of nitrogens with one attached hydrogen (secondary N) is 2. The van der Waals surface area contributed by atoms with Crippen LogP contribution in [-0.2, 0) is 0 Å². The molecule has 0 amide bonds. The van der Waals surface area contributed by atoms with Gasteiger partial charge in [-0.05, 0) is 42.5 Å². The van der Waals surface area contributed by atoms with Gasteiger partial charge in [-0.1, -0.05) is 0 Å². The molecule has 0 unspecified atom stereocenters. The molecule has 0 bridgehead atoms. The summed E-state index contributed by atoms with van der Waals surface area (Å²) in [7, 11) is 0. The molecular weight excluding hydrogens is 219 g/mol. The van der Waals surface area contributed by atoms with Crippen LogP contribution in [0.3, 0.4) is 0 Å². The summed E-state index contributed by atoms with van der Waals surface area (Å²) in [6.45, 7) is 0. The highest BCUT2D eigenvalue weighted by atomic mass is 19.1. The minimum Gasteiger partial charge on any atom is -0.508 e. The van der Waals surface area contributed by atoms with Gasteiger partial charge in [0.2, 0.25) is 0 Å². The molecule has 0 saturated carbocycles. The van der Waals surface area contributed by atoms with E-state index in [1.54, 1.807) is 18.2 Å². The lowest BCUT2D eigenvalue weighted by Crippen LogP contribution is -1.95. The average molecular weight is 230 g/mol. The van der Waals surface area contributed by atoms with Gasteiger partial charge < -0.3 is 15.8 Å². The molecule has 0 aliphatic carbocycles. The van der Waals surface area contributed by atoms with Crippen molar-refractivity contribution in [2.24, 2.45) is 0 Å². The van der Waals surface area contributed by atoms with Crippen molar-refractivity contribution in [1.82, 2.24) is 0 Å². The fourth-order valence-electron chi connectivity index (χ4n) is 1.47. The highest BCUT2D eigenvalue weighted by Gasteiger charge is 2.02. The van der Waals surface area contributed by atoms with E-state index in [0.29, 0.717) is 11.3 Å². The monoisotopic (exact) mass is 230 g/mol. The lowest BCUT2D eigenvalue weighted by molar-refractivity contribution is 0.475. The standard InChI is InChI=1S/C13H11FN2O/c14-10-1-3-11(4-2-10)16-13-6-5-12(17)7-9(13)8-15/h1-8,15-17H. The van der Waals surface area contributed by atoms with Crippen LogP contribution in [0.2, 0.25) is 0 Å². The van der Waals surface area contributed by atoms with Crippen molar-refractivity contribution in [3.05, 3.63) is 53.8 Å². The van der Waals surface area contributed by atoms with Gasteiger partial charge in [0.1, 0.15) is 11.6 Å². The molecular formula is C13H11FN2O. The maximum atomic E-state index is 12.7. The van der Waals surface area contributed by atoms with Crippen molar-refractivity contribution in [2.75, 3.05) is 5.32 Å². The Labute approximate surface area is 98.0 Å². The van der Waals surface area contributed by atoms with E-state index in [0.717, 1.165) is 11.9 Å². The minimum absolute atomic E-state index is 0.105. The van der Waals surface area contributed by atoms with Crippen LogP contribution in [0.4, 0.5) is 15.8 Å². The lowest BCUT2D eigenvalue weighted by Gasteiger charge is -2.09. The first-order valence-electron chi connectivity index (χ1n) is 5.05. The molecule has 0 saturated heterocycles. The average Bonchev–Trinajstić information content (AvgIpc) is 2.34. The van der Waals surface area contributed by atoms with Gasteiger partial charge in [-0.3, -0.25) is 0 Å². The van der Waals surface area contributed by atoms with E-state index in [2.05, 4.69) is 5.32 Å². The van der Waals surface area contributed by atoms with Crippen molar-refractivity contribution in [2.45, 2.75) is 0 Å². The summed E-state index contributed by atoms with van der Waals surface area (Å²) in [5.74, 6) is -0.193. The van der Waals surface area contributed by atoms with E-state index in [9.17, 15) is 9.50 Å². The van der Waals surface area contributed by atoms with Gasteiger partial charge >= 0.3 is 0 Å². The third-order valence-electron chi connectivity index (χ3n) is 2.31. The fourth-order valence-corrected chi connectivity index (χ4v) is 1.47. The van der Waals surface area contributed by atoms with E-state index in [-0.39, 0.29) is 11.6 Å². The molecule has 3 nitrogen and oxygen atoms in total. The number of anilines is 2. The topological polar surface area (TPSA) is 56.1 Å². The largest absolute Gasteiger partial charge is 0.508 e. The van der Waals surface area contributed by atoms with E-state index in [1.165, 1.54) is 24.3 Å². The van der Waals surface area contributed by atoms with Crippen molar-refractivity contribution < 1.29 is 9.50 Å². The normalized spacial score (nSPS) is 9.94. The Morgan fingerprint density at radius 2 is 1.82 bits per heavy atom. The van der Waals surface area contributed by atoms with Crippen LogP contribution in [0.1, 0.15) is 5.56 Å². The van der Waals surface area contributed by atoms with Crippen molar-refractivity contribution in [3.8, 4) is 5.75 Å². The second-order valence-corrected chi connectivity index (χ2v) is 3.55. The maximum absolute atomic E-state index is 12.7. The van der Waals surface area contributed by atoms with Crippen molar-refractivity contribution in [1.29, 1.82) is 5.41 Å². The predicted octanol–water partition coefficient (Wildman–Crippen LogP) is 3.27. The third-order valence-corrected chi connectivity index (χ3v) is 2.31. The number of halogens is 1. The molecule has 0 radical (unpaired) electrons. The van der Waals surface area contributed by atoms with Crippen LogP contribution in [0, 0.1) is 11.2 Å². The summed E-state index contributed by atoms with van der Waals surface area (Å²) >= 11 is 0. The molecule has 3 N–H and O–H groups in total. The quantitative estimate of drug-likeness (QED) is 0.560. The summed E-state index contributed by atoms with van der Waals surface area (Å²) in [6, 6.07) is 10.6. The fraction of sp³-hybridized carbons (Fsp3) is 0. The lowest BCUT2D eigenvalue weighted by atomic mass is 10.1. The first-order chi connectivity index (χ1) is 8.19. The van der Waals surface area contributed by atoms with Gasteiger partial charge in [-0.2, -0.15) is 0 Å². The third kappa shape index (κ3) is 2.60. The van der Waals surface area contributed by atoms with Crippen LogP contribution in [0.25, 0.3) is 0 Å². The Bertz CT molecular complexity index is 538. The SMILES string of the molecule is N=Cc1cc(O)ccc1Nc1ccc(F)cc1. The summed E-state index contributed by atoms with van der Waals surface area (Å²) in [5.41, 5.74) is 1.97. The van der Waals surface area contributed by atoms with E-state index >= 15 is 0 Å². The smallest absolute Gasteiger partial charge is 0.123 e. The molecule has 0 heterocycles. The van der Waals surface area contributed by atoms with Gasteiger partial charge in [0.15, 0.2) is 0 Å². The Morgan fingerprint density at radius 1 is 1.12 bits per heavy atom. The van der Waals surface area contributed by atoms with Crippen molar-refractivity contribution >= 4 is 17.6 Å². The summed E-state index contributed by atoms with van der Waals surface area (Å²) in [6.07, 6.45) is 1.14. The molecule has 2 aromatic rings. The molecule has 2 rings (SSSR count). The van der Waals surface area contributed by atoms with Crippen LogP contribution in [0.15, 0.2) is 42.5 Å². The first kappa shape index (κ1) is 11.1. The molecule has 0 spiro atoms. The van der Waals surface area contributed by atoms with Gasteiger partial charge in [0, 0.05) is 23.2 Å². The number of phenolic OH excluding ortho intramolecular Hbond substituents is 1. The minimum atomic E-state index is -0.298. The second-order valence-electron chi connectivity index (χ2n) is 3.55. The Morgan fingerprint density at radius 3 is 2.47 bits per heavy atom. The van der Waals surface area contributed by atoms with Crippen molar-refractivity contribution in [3.63, 3.8) is 0 Å². The molecule has 0 aliphatic rings. The van der Waals surface area contributed by atoms with Gasteiger partial charge in [-0.15, -0.1) is 0 Å². The molecule has 17 heavy (non-hydrogen) atoms. The zero-order valence-electron chi connectivity index (χ0n) is 8.94. The zero-order chi connectivity index (χ0) is 12.3. The summed E-state index contributed by atoms with van der Waals surface area (Å²) in [5, 5.41) is 19.6. The van der Waals surface area contributed by atoms with Gasteiger partial charge in [0.05, 0.1) is 0 Å². The van der Waals surface area contributed by atoms with Crippen LogP contribution < -0.4 is 5.32 Å². The number of phenols is 1. The van der Waals surface area contributed by atoms with Gasteiger partial charge in [-0.25, -0.2) is 4.39 Å². The highest BCUT2D eigenvalue weighted by Crippen LogP contribution is 2.23. The molecule has 0 aliphatic heterocycles. The maximum Gasteiger partial charge on any atom is 0.123 e. The predicted molar refractivity (Wildman–Crippen MR) is 65.7 cm³/mol. The Balaban J connectivity index is 2.29. The first-order valence-corrected chi connectivity index (χ1v) is 5.05. The second kappa shape index (κ2) is 4.65.